The highest BCUT2D eigenvalue weighted by Crippen LogP contribution is 2.53. The minimum atomic E-state index is -5.15. The lowest BCUT2D eigenvalue weighted by molar-refractivity contribution is -0.0516. The predicted octanol–water partition coefficient (Wildman–Crippen LogP) is -1.41. The zero-order valence-electron chi connectivity index (χ0n) is 47.1. The van der Waals surface area contributed by atoms with Crippen molar-refractivity contribution in [2.45, 2.75) is 92.5 Å². The normalized spacial score (nSPS) is 35.3. The number of imidazole rings is 2. The maximum Gasteiger partial charge on any atom is 0.472 e. The molecule has 0 radical (unpaired) electrons. The average Bonchev–Trinajstić information content (AvgIpc) is 1.63. The van der Waals surface area contributed by atoms with Gasteiger partial charge in [0.25, 0.3) is 5.56 Å². The van der Waals surface area contributed by atoms with Crippen molar-refractivity contribution >= 4 is 99.1 Å². The summed E-state index contributed by atoms with van der Waals surface area (Å²) in [5.41, 5.74) is 10.6. The van der Waals surface area contributed by atoms with Gasteiger partial charge in [-0.3, -0.25) is 36.8 Å². The SMILES string of the molecule is Cn1cnc2c(c(F)cn2C2OC3COP(=O)(O)OC4C(CNS(=O)(=O)OC2C3CO)OC(n2cnc3c(N)ncnc32)C4F)c1=O.Nc1ncnc2c1ncn2C1OC2CNS(=O)(=O)OC3C(CO)C(COP(=O)(O)OC2C1F)OC3n1cc(F)c2c1N=CCC2=O. The molecule has 7 aromatic rings. The lowest BCUT2D eigenvalue weighted by atomic mass is 9.99. The number of anilines is 2. The molecule has 6 saturated heterocycles. The Morgan fingerprint density at radius 1 is 0.624 bits per heavy atom. The minimum Gasteiger partial charge on any atom is -0.396 e. The Bertz CT molecular complexity index is 4530. The number of aryl methyl sites for hydroxylation is 1. The van der Waals surface area contributed by atoms with Gasteiger partial charge >= 0.3 is 36.3 Å². The molecule has 14 heterocycles. The van der Waals surface area contributed by atoms with E-state index in [1.807, 2.05) is 0 Å². The molecule has 39 nitrogen and oxygen atoms in total. The topological polar surface area (TPSA) is 513 Å². The summed E-state index contributed by atoms with van der Waals surface area (Å²) in [6.45, 7) is -4.68. The molecular formula is C46H51F4N17O22P2S2. The molecule has 0 saturated carbocycles. The van der Waals surface area contributed by atoms with Gasteiger partial charge in [-0.2, -0.15) is 26.3 Å². The summed E-state index contributed by atoms with van der Waals surface area (Å²) in [5.74, 6) is -5.25. The van der Waals surface area contributed by atoms with Gasteiger partial charge in [0, 0.05) is 57.0 Å². The molecule has 0 amide bonds. The van der Waals surface area contributed by atoms with Crippen LogP contribution in [-0.2, 0) is 82.2 Å². The highest BCUT2D eigenvalue weighted by molar-refractivity contribution is 7.85. The standard InChI is InChI=1S/C23H26F2N9O11PS.C23H25F2N8O11PS/c1-32-7-30-19-13(21(32)36)10(24)3-33(19)23-16-9(4-35)12(43-23)5-41-46(37,38)44-17-11(2-31-47(39,40)45-16)42-22(14(17)25)34-8-29-15-18(26)27-6-28-20(15)34;24-10-4-32(20-14(10)11(35)1-2-27-20)23-17-9(5-34)13(42-23)6-40-45(36,37)43-18-12(3-31-46(38,39)44-17)41-22(15(18)25)33-8-30-16-19(26)28-7-29-21(16)33/h3,6-9,11-12,14,16-17,22-23,31,35H,2,4-5H2,1H3,(H,37,38)(H2,26,27,28);2,4,7-9,12-13,15,17-18,22-23,31,34H,1,3,5-6H2,(H,36,37)(H2,26,28,29). The van der Waals surface area contributed by atoms with E-state index in [-0.39, 0.29) is 57.4 Å². The fraction of sp³-hybridized carbons (Fsp3) is 0.522. The zero-order chi connectivity index (χ0) is 66.0. The number of phosphoric ester groups is 2. The number of nitrogens with zero attached hydrogens (tertiary/aromatic N) is 13. The number of halogens is 4. The molecule has 18 atom stereocenters. The first kappa shape index (κ1) is 64.9. The van der Waals surface area contributed by atoms with Gasteiger partial charge in [0.15, 0.2) is 83.2 Å². The van der Waals surface area contributed by atoms with E-state index in [2.05, 4.69) is 49.3 Å². The Labute approximate surface area is 517 Å². The summed E-state index contributed by atoms with van der Waals surface area (Å²) in [6.07, 6.45) is -15.0. The van der Waals surface area contributed by atoms with Crippen LogP contribution >= 0.6 is 15.6 Å². The van der Waals surface area contributed by atoms with Gasteiger partial charge < -0.3 is 64.1 Å². The number of Topliss-reactive ketones (excluding diaryl/α,β-unsaturated/α-hetero) is 1. The lowest BCUT2D eigenvalue weighted by Crippen LogP contribution is -2.43. The summed E-state index contributed by atoms with van der Waals surface area (Å²) >= 11 is 0. The van der Waals surface area contributed by atoms with Crippen LogP contribution in [0.1, 0.15) is 41.7 Å². The number of aliphatic hydroxyl groups excluding tert-OH is 2. The molecule has 0 spiro atoms. The second kappa shape index (κ2) is 24.4. The van der Waals surface area contributed by atoms with Gasteiger partial charge in [-0.25, -0.2) is 74.9 Å². The van der Waals surface area contributed by atoms with Crippen LogP contribution in [0.3, 0.4) is 0 Å². The number of fused-ring (bicyclic) bond motifs is 10. The van der Waals surface area contributed by atoms with E-state index in [0.717, 1.165) is 66.9 Å². The number of carbonyl (C=O) groups excluding carboxylic acids is 1. The highest BCUT2D eigenvalue weighted by Gasteiger charge is 2.56. The molecule has 7 aromatic heterocycles. The molecule has 47 heteroatoms. The third-order valence-corrected chi connectivity index (χ3v) is 20.1. The third kappa shape index (κ3) is 11.9. The van der Waals surface area contributed by atoms with Crippen LogP contribution < -0.4 is 26.5 Å². The number of phosphoric acid groups is 2. The predicted molar refractivity (Wildman–Crippen MR) is 297 cm³/mol. The number of nitrogen functional groups attached to an aromatic ring is 2. The molecular weight excluding hydrogens is 1340 g/mol. The average molecular weight is 1400 g/mol. The number of hydrogen-bond acceptors (Lipinski definition) is 30. The van der Waals surface area contributed by atoms with Crippen molar-refractivity contribution < 1.29 is 114 Å². The van der Waals surface area contributed by atoms with E-state index in [0.29, 0.717) is 0 Å². The Morgan fingerprint density at radius 3 is 1.59 bits per heavy atom. The summed E-state index contributed by atoms with van der Waals surface area (Å²) in [7, 11) is -18.6. The van der Waals surface area contributed by atoms with Gasteiger partial charge in [0.1, 0.15) is 71.5 Å². The van der Waals surface area contributed by atoms with Gasteiger partial charge in [0.2, 0.25) is 0 Å². The van der Waals surface area contributed by atoms with Crippen molar-refractivity contribution in [3.05, 3.63) is 71.6 Å². The van der Waals surface area contributed by atoms with Crippen LogP contribution in [0.5, 0.6) is 0 Å². The maximum absolute atomic E-state index is 16.0. The first-order chi connectivity index (χ1) is 44.2. The Hall–Kier alpha value is -6.82. The number of rotatable bonds is 6. The van der Waals surface area contributed by atoms with E-state index in [1.54, 1.807) is 0 Å². The Balaban J connectivity index is 0.000000169. The van der Waals surface area contributed by atoms with Gasteiger partial charge in [-0.05, 0) is 0 Å². The van der Waals surface area contributed by atoms with E-state index in [9.17, 15) is 64.3 Å². The van der Waals surface area contributed by atoms with Crippen molar-refractivity contribution in [1.82, 2.24) is 67.2 Å². The quantitative estimate of drug-likeness (QED) is 0.0700. The number of hydrogen-bond donors (Lipinski definition) is 8. The number of nitrogens with two attached hydrogens (primary N) is 2. The molecule has 0 aromatic carbocycles. The van der Waals surface area contributed by atoms with Crippen molar-refractivity contribution in [1.29, 1.82) is 0 Å². The molecule has 0 aliphatic carbocycles. The molecule has 14 rings (SSSR count). The largest absolute Gasteiger partial charge is 0.472 e. The van der Waals surface area contributed by atoms with Crippen LogP contribution in [0, 0.1) is 23.5 Å². The molecule has 7 aliphatic rings. The Kier molecular flexibility index (Phi) is 17.0. The number of aliphatic imine (C=N–C) groups is 1. The number of aliphatic hydroxyl groups is 2. The summed E-state index contributed by atoms with van der Waals surface area (Å²) in [4.78, 5) is 78.1. The van der Waals surface area contributed by atoms with Crippen LogP contribution in [0.2, 0.25) is 0 Å². The number of nitrogens with one attached hydrogen (secondary N) is 2. The number of aromatic nitrogens is 12. The maximum atomic E-state index is 16.0. The first-order valence-electron chi connectivity index (χ1n) is 27.5. The van der Waals surface area contributed by atoms with E-state index in [1.165, 1.54) is 13.3 Å². The van der Waals surface area contributed by atoms with Gasteiger partial charge in [0.05, 0.1) is 63.2 Å². The third-order valence-electron chi connectivity index (χ3n) is 16.1. The van der Waals surface area contributed by atoms with Crippen molar-refractivity contribution in [2.24, 2.45) is 23.9 Å². The molecule has 6 fully saturated rings. The second-order valence-corrected chi connectivity index (χ2v) is 27.3. The number of alkyl halides is 2. The fourth-order valence-electron chi connectivity index (χ4n) is 11.7. The number of ether oxygens (including phenoxy) is 4. The molecule has 4 bridgehead atoms. The van der Waals surface area contributed by atoms with Crippen molar-refractivity contribution in [2.75, 3.05) is 51.0 Å². The van der Waals surface area contributed by atoms with E-state index >= 15 is 8.78 Å². The second-order valence-electron chi connectivity index (χ2n) is 21.7. The monoisotopic (exact) mass is 1400 g/mol. The van der Waals surface area contributed by atoms with Crippen LogP contribution in [0.25, 0.3) is 33.4 Å². The zero-order valence-corrected chi connectivity index (χ0v) is 50.6. The van der Waals surface area contributed by atoms with E-state index in [4.69, 9.17) is 56.9 Å². The smallest absolute Gasteiger partial charge is 0.396 e. The molecule has 10 N–H and O–H groups in total. The number of carbonyl (C=O) groups is 1. The van der Waals surface area contributed by atoms with Crippen LogP contribution in [-0.4, -0.2) is 207 Å². The van der Waals surface area contributed by atoms with Gasteiger partial charge in [-0.1, -0.05) is 0 Å². The van der Waals surface area contributed by atoms with Crippen LogP contribution in [0.4, 0.5) is 35.0 Å². The Morgan fingerprint density at radius 2 is 1.10 bits per heavy atom. The minimum absolute atomic E-state index is 0.00738. The van der Waals surface area contributed by atoms with Gasteiger partial charge in [-0.15, -0.1) is 0 Å². The van der Waals surface area contributed by atoms with E-state index < -0.39 is 202 Å². The fourth-order valence-corrected chi connectivity index (χ4v) is 15.6. The summed E-state index contributed by atoms with van der Waals surface area (Å²) in [6, 6.07) is 0. The van der Waals surface area contributed by atoms with Crippen molar-refractivity contribution in [3.8, 4) is 0 Å². The molecule has 18 unspecified atom stereocenters. The number of ketones is 1. The van der Waals surface area contributed by atoms with Crippen molar-refractivity contribution in [3.63, 3.8) is 0 Å². The van der Waals surface area contributed by atoms with Crippen LogP contribution in [0.15, 0.2) is 53.8 Å². The molecule has 93 heavy (non-hydrogen) atoms. The summed E-state index contributed by atoms with van der Waals surface area (Å²) in [5, 5.41) is 20.0. The summed E-state index contributed by atoms with van der Waals surface area (Å²) < 4.78 is 205. The molecule has 7 aliphatic heterocycles. The lowest BCUT2D eigenvalue weighted by Gasteiger charge is -2.25. The molecule has 502 valence electrons. The first-order valence-corrected chi connectivity index (χ1v) is 33.3. The highest BCUT2D eigenvalue weighted by atomic mass is 32.2.